The number of aliphatic carboxylic acids is 1. The van der Waals surface area contributed by atoms with Crippen molar-refractivity contribution in [3.63, 3.8) is 0 Å². The zero-order valence-corrected chi connectivity index (χ0v) is 13.1. The molecular formula is C12H14BrNO5S. The molecule has 0 fully saturated rings. The van der Waals surface area contributed by atoms with Crippen molar-refractivity contribution in [1.29, 1.82) is 0 Å². The van der Waals surface area contributed by atoms with Crippen LogP contribution in [0, 0.1) is 0 Å². The summed E-state index contributed by atoms with van der Waals surface area (Å²) in [6, 6.07) is 3.69. The lowest BCUT2D eigenvalue weighted by molar-refractivity contribution is -0.136. The molecule has 1 heterocycles. The number of nitrogens with one attached hydrogen (secondary N) is 1. The lowest BCUT2D eigenvalue weighted by Crippen LogP contribution is -2.37. The van der Waals surface area contributed by atoms with E-state index in [0.717, 1.165) is 23.4 Å². The molecule has 0 bridgehead atoms. The van der Waals surface area contributed by atoms with Gasteiger partial charge in [-0.3, -0.25) is 4.79 Å². The van der Waals surface area contributed by atoms with Crippen molar-refractivity contribution in [2.45, 2.75) is 25.1 Å². The number of ether oxygens (including phenoxy) is 1. The van der Waals surface area contributed by atoms with Crippen molar-refractivity contribution in [2.24, 2.45) is 0 Å². The topological polar surface area (TPSA) is 92.7 Å². The molecule has 8 heteroatoms. The smallest absolute Gasteiger partial charge is 0.323 e. The second kappa shape index (κ2) is 5.71. The molecule has 1 aliphatic rings. The van der Waals surface area contributed by atoms with Gasteiger partial charge < -0.3 is 9.84 Å². The molecule has 1 aliphatic heterocycles. The molecule has 0 saturated carbocycles. The van der Waals surface area contributed by atoms with Crippen LogP contribution < -0.4 is 9.46 Å². The van der Waals surface area contributed by atoms with Gasteiger partial charge in [-0.1, -0.05) is 15.9 Å². The molecule has 0 saturated heterocycles. The van der Waals surface area contributed by atoms with E-state index in [1.807, 2.05) is 6.07 Å². The average molecular weight is 364 g/mol. The molecule has 20 heavy (non-hydrogen) atoms. The number of benzene rings is 1. The first-order valence-corrected chi connectivity index (χ1v) is 8.30. The second-order valence-electron chi connectivity index (χ2n) is 4.50. The third-order valence-electron chi connectivity index (χ3n) is 3.10. The van der Waals surface area contributed by atoms with E-state index in [1.165, 1.54) is 0 Å². The standard InChI is InChI=1S/C12H14BrNO5S/c1-7(12(15)16)20(17,18)14-6-9-5-10(13)4-8-2-3-19-11(8)9/h4-5,7,14H,2-3,6H2,1H3,(H,15,16). The Hall–Kier alpha value is -1.12. The minimum atomic E-state index is -3.91. The molecule has 1 atom stereocenters. The number of carboxylic acids is 1. The largest absolute Gasteiger partial charge is 0.493 e. The van der Waals surface area contributed by atoms with Gasteiger partial charge in [0.1, 0.15) is 5.75 Å². The van der Waals surface area contributed by atoms with Crippen molar-refractivity contribution in [3.8, 4) is 5.75 Å². The van der Waals surface area contributed by atoms with Gasteiger partial charge in [0.25, 0.3) is 0 Å². The Bertz CT molecular complexity index is 643. The van der Waals surface area contributed by atoms with Crippen LogP contribution in [0.25, 0.3) is 0 Å². The minimum absolute atomic E-state index is 0.00171. The van der Waals surface area contributed by atoms with E-state index in [2.05, 4.69) is 20.7 Å². The van der Waals surface area contributed by atoms with Crippen molar-refractivity contribution in [3.05, 3.63) is 27.7 Å². The number of sulfonamides is 1. The summed E-state index contributed by atoms with van der Waals surface area (Å²) in [6.45, 7) is 1.70. The number of carboxylic acid groups (broad SMARTS) is 1. The van der Waals surface area contributed by atoms with Crippen LogP contribution in [-0.2, 0) is 27.8 Å². The van der Waals surface area contributed by atoms with Gasteiger partial charge in [0, 0.05) is 23.0 Å². The van der Waals surface area contributed by atoms with Crippen LogP contribution in [0.4, 0.5) is 0 Å². The highest BCUT2D eigenvalue weighted by Crippen LogP contribution is 2.33. The highest BCUT2D eigenvalue weighted by Gasteiger charge is 2.28. The number of hydrogen-bond donors (Lipinski definition) is 2. The van der Waals surface area contributed by atoms with Crippen LogP contribution >= 0.6 is 15.9 Å². The van der Waals surface area contributed by atoms with Crippen LogP contribution in [-0.4, -0.2) is 31.4 Å². The predicted octanol–water partition coefficient (Wildman–Crippen LogP) is 1.28. The van der Waals surface area contributed by atoms with E-state index in [9.17, 15) is 13.2 Å². The fraction of sp³-hybridized carbons (Fsp3) is 0.417. The Labute approximate surface area is 125 Å². The van der Waals surface area contributed by atoms with E-state index >= 15 is 0 Å². The number of hydrogen-bond acceptors (Lipinski definition) is 4. The molecule has 1 unspecified atom stereocenters. The minimum Gasteiger partial charge on any atom is -0.493 e. The Kier molecular flexibility index (Phi) is 4.36. The molecule has 2 rings (SSSR count). The van der Waals surface area contributed by atoms with Gasteiger partial charge in [-0.2, -0.15) is 0 Å². The zero-order chi connectivity index (χ0) is 14.9. The highest BCUT2D eigenvalue weighted by atomic mass is 79.9. The van der Waals surface area contributed by atoms with Gasteiger partial charge in [0.05, 0.1) is 6.61 Å². The quantitative estimate of drug-likeness (QED) is 0.821. The van der Waals surface area contributed by atoms with E-state index in [0.29, 0.717) is 17.9 Å². The Morgan fingerprint density at radius 3 is 2.90 bits per heavy atom. The van der Waals surface area contributed by atoms with Gasteiger partial charge in [-0.15, -0.1) is 0 Å². The first kappa shape index (κ1) is 15.3. The lowest BCUT2D eigenvalue weighted by atomic mass is 10.1. The van der Waals surface area contributed by atoms with E-state index in [4.69, 9.17) is 9.84 Å². The first-order chi connectivity index (χ1) is 9.31. The first-order valence-electron chi connectivity index (χ1n) is 5.96. The Balaban J connectivity index is 2.18. The second-order valence-corrected chi connectivity index (χ2v) is 7.50. The summed E-state index contributed by atoms with van der Waals surface area (Å²) < 4.78 is 32.2. The molecule has 0 radical (unpaired) electrons. The summed E-state index contributed by atoms with van der Waals surface area (Å²) >= 11 is 3.36. The van der Waals surface area contributed by atoms with Crippen molar-refractivity contribution in [2.75, 3.05) is 6.61 Å². The summed E-state index contributed by atoms with van der Waals surface area (Å²) in [5.41, 5.74) is 1.70. The number of carbonyl (C=O) groups is 1. The molecule has 2 N–H and O–H groups in total. The van der Waals surface area contributed by atoms with Crippen LogP contribution in [0.2, 0.25) is 0 Å². The summed E-state index contributed by atoms with van der Waals surface area (Å²) in [7, 11) is -3.91. The summed E-state index contributed by atoms with van der Waals surface area (Å²) in [5, 5.41) is 7.27. The zero-order valence-electron chi connectivity index (χ0n) is 10.7. The summed E-state index contributed by atoms with van der Waals surface area (Å²) in [6.07, 6.45) is 0.778. The third-order valence-corrected chi connectivity index (χ3v) is 5.24. The molecule has 110 valence electrons. The maximum atomic E-state index is 11.8. The monoisotopic (exact) mass is 363 g/mol. The van der Waals surface area contributed by atoms with Gasteiger partial charge in [0.2, 0.25) is 10.0 Å². The molecule has 1 aromatic carbocycles. The number of fused-ring (bicyclic) bond motifs is 1. The van der Waals surface area contributed by atoms with Crippen LogP contribution in [0.5, 0.6) is 5.75 Å². The van der Waals surface area contributed by atoms with Crippen molar-refractivity contribution >= 4 is 31.9 Å². The van der Waals surface area contributed by atoms with Crippen molar-refractivity contribution in [1.82, 2.24) is 4.72 Å². The maximum Gasteiger partial charge on any atom is 0.323 e. The molecule has 1 aromatic rings. The van der Waals surface area contributed by atoms with Crippen LogP contribution in [0.1, 0.15) is 18.1 Å². The Morgan fingerprint density at radius 1 is 1.55 bits per heavy atom. The van der Waals surface area contributed by atoms with Crippen LogP contribution in [0.3, 0.4) is 0 Å². The summed E-state index contributed by atoms with van der Waals surface area (Å²) in [4.78, 5) is 10.7. The Morgan fingerprint density at radius 2 is 2.25 bits per heavy atom. The molecule has 0 aromatic heterocycles. The maximum absolute atomic E-state index is 11.8. The third kappa shape index (κ3) is 3.13. The average Bonchev–Trinajstić information content (AvgIpc) is 2.82. The number of halogens is 1. The van der Waals surface area contributed by atoms with E-state index in [1.54, 1.807) is 6.07 Å². The SMILES string of the molecule is CC(C(=O)O)S(=O)(=O)NCc1cc(Br)cc2c1OCC2. The highest BCUT2D eigenvalue weighted by molar-refractivity contribution is 9.10. The molecule has 6 nitrogen and oxygen atoms in total. The molecule has 0 aliphatic carbocycles. The number of rotatable bonds is 5. The van der Waals surface area contributed by atoms with Gasteiger partial charge in [0.15, 0.2) is 5.25 Å². The summed E-state index contributed by atoms with van der Waals surface area (Å²) in [5.74, 6) is -0.702. The normalized spacial score (nSPS) is 15.5. The lowest BCUT2D eigenvalue weighted by Gasteiger charge is -2.12. The van der Waals surface area contributed by atoms with Gasteiger partial charge >= 0.3 is 5.97 Å². The van der Waals surface area contributed by atoms with Crippen molar-refractivity contribution < 1.29 is 23.1 Å². The van der Waals surface area contributed by atoms with Gasteiger partial charge in [-0.05, 0) is 24.6 Å². The molecule has 0 spiro atoms. The fourth-order valence-corrected chi connectivity index (χ4v) is 3.34. The molecular weight excluding hydrogens is 350 g/mol. The predicted molar refractivity (Wildman–Crippen MR) is 76.2 cm³/mol. The van der Waals surface area contributed by atoms with E-state index < -0.39 is 21.2 Å². The van der Waals surface area contributed by atoms with Crippen LogP contribution in [0.15, 0.2) is 16.6 Å². The fourth-order valence-electron chi connectivity index (χ4n) is 1.91. The van der Waals surface area contributed by atoms with Gasteiger partial charge in [-0.25, -0.2) is 13.1 Å². The van der Waals surface area contributed by atoms with E-state index in [-0.39, 0.29) is 6.54 Å². The molecule has 0 amide bonds.